The fraction of sp³-hybridized carbons (Fsp3) is 0.318. The second-order valence-corrected chi connectivity index (χ2v) is 6.55. The molecule has 7 nitrogen and oxygen atoms in total. The number of carbonyl (C=O) groups is 2. The minimum Gasteiger partial charge on any atom is -0.490 e. The first-order valence-electron chi connectivity index (χ1n) is 9.69. The molecule has 2 rings (SSSR count). The van der Waals surface area contributed by atoms with Crippen LogP contribution in [-0.4, -0.2) is 36.6 Å². The number of ether oxygens (including phenoxy) is 3. The Morgan fingerprint density at radius 2 is 1.40 bits per heavy atom. The highest BCUT2D eigenvalue weighted by atomic mass is 32.1. The highest BCUT2D eigenvalue weighted by molar-refractivity contribution is 7.80. The van der Waals surface area contributed by atoms with Gasteiger partial charge in [0, 0.05) is 16.8 Å². The van der Waals surface area contributed by atoms with Crippen LogP contribution in [0.2, 0.25) is 0 Å². The third-order valence-corrected chi connectivity index (χ3v) is 4.15. The number of hydrogen-bond acceptors (Lipinski definition) is 6. The summed E-state index contributed by atoms with van der Waals surface area (Å²) in [5.41, 5.74) is 1.57. The van der Waals surface area contributed by atoms with Crippen LogP contribution in [0.25, 0.3) is 0 Å². The minimum absolute atomic E-state index is 0.0249. The molecule has 30 heavy (non-hydrogen) atoms. The van der Waals surface area contributed by atoms with E-state index in [0.29, 0.717) is 53.9 Å². The first-order chi connectivity index (χ1) is 14.4. The van der Waals surface area contributed by atoms with E-state index in [0.717, 1.165) is 0 Å². The zero-order valence-corrected chi connectivity index (χ0v) is 18.4. The summed E-state index contributed by atoms with van der Waals surface area (Å²) >= 11 is 5.24. The van der Waals surface area contributed by atoms with Crippen LogP contribution < -0.4 is 24.8 Å². The van der Waals surface area contributed by atoms with E-state index in [1.54, 1.807) is 36.4 Å². The quantitative estimate of drug-likeness (QED) is 0.455. The third kappa shape index (κ3) is 6.18. The first-order valence-corrected chi connectivity index (χ1v) is 10.1. The molecule has 0 fully saturated rings. The summed E-state index contributed by atoms with van der Waals surface area (Å²) in [5, 5.41) is 5.68. The molecule has 0 bridgehead atoms. The molecule has 0 saturated heterocycles. The molecule has 2 aromatic carbocycles. The van der Waals surface area contributed by atoms with Crippen LogP contribution in [-0.2, 0) is 0 Å². The van der Waals surface area contributed by atoms with Crippen molar-refractivity contribution in [2.24, 2.45) is 0 Å². The topological polar surface area (TPSA) is 85.9 Å². The molecule has 0 aromatic heterocycles. The van der Waals surface area contributed by atoms with Gasteiger partial charge in [0.2, 0.25) is 5.75 Å². The lowest BCUT2D eigenvalue weighted by Crippen LogP contribution is -2.34. The molecule has 8 heteroatoms. The Kier molecular flexibility index (Phi) is 8.61. The zero-order valence-electron chi connectivity index (χ0n) is 17.5. The van der Waals surface area contributed by atoms with E-state index in [4.69, 9.17) is 26.4 Å². The monoisotopic (exact) mass is 430 g/mol. The molecular weight excluding hydrogens is 404 g/mol. The van der Waals surface area contributed by atoms with Gasteiger partial charge in [0.25, 0.3) is 5.91 Å². The maximum absolute atomic E-state index is 12.7. The smallest absolute Gasteiger partial charge is 0.257 e. The molecule has 0 saturated carbocycles. The van der Waals surface area contributed by atoms with Crippen LogP contribution in [0.5, 0.6) is 17.2 Å². The number of Topliss-reactive ketones (excluding diaryl/α,β-unsaturated/α-hetero) is 1. The predicted octanol–water partition coefficient (Wildman–Crippen LogP) is 4.21. The zero-order chi connectivity index (χ0) is 22.1. The fourth-order valence-electron chi connectivity index (χ4n) is 2.65. The Balaban J connectivity index is 2.18. The second-order valence-electron chi connectivity index (χ2n) is 6.14. The number of nitrogens with one attached hydrogen (secondary N) is 2. The number of amides is 1. The molecule has 2 aromatic rings. The first kappa shape index (κ1) is 23.2. The number of rotatable bonds is 9. The number of carbonyl (C=O) groups excluding carboxylic acids is 2. The van der Waals surface area contributed by atoms with Crippen LogP contribution in [0.1, 0.15) is 48.4 Å². The average molecular weight is 431 g/mol. The van der Waals surface area contributed by atoms with Crippen molar-refractivity contribution in [3.8, 4) is 17.2 Å². The van der Waals surface area contributed by atoms with Gasteiger partial charge in [-0.2, -0.15) is 0 Å². The second kappa shape index (κ2) is 11.2. The molecule has 2 N–H and O–H groups in total. The number of hydrogen-bond donors (Lipinski definition) is 2. The van der Waals surface area contributed by atoms with Gasteiger partial charge in [0.1, 0.15) is 0 Å². The maximum atomic E-state index is 12.7. The lowest BCUT2D eigenvalue weighted by Gasteiger charge is -2.17. The SMILES string of the molecule is CCOc1cc(C(=O)NC(=S)Nc2ccc(C(C)=O)cc2)cc(OCC)c1OCC. The molecule has 0 aliphatic rings. The van der Waals surface area contributed by atoms with Crippen LogP contribution in [0.4, 0.5) is 5.69 Å². The highest BCUT2D eigenvalue weighted by Crippen LogP contribution is 2.39. The van der Waals surface area contributed by atoms with Gasteiger partial charge in [-0.05, 0) is 76.3 Å². The van der Waals surface area contributed by atoms with Gasteiger partial charge in [-0.25, -0.2) is 0 Å². The lowest BCUT2D eigenvalue weighted by atomic mass is 10.1. The van der Waals surface area contributed by atoms with Crippen LogP contribution in [0.15, 0.2) is 36.4 Å². The van der Waals surface area contributed by atoms with Crippen molar-refractivity contribution in [3.05, 3.63) is 47.5 Å². The van der Waals surface area contributed by atoms with E-state index in [-0.39, 0.29) is 10.9 Å². The van der Waals surface area contributed by atoms with Crippen molar-refractivity contribution in [2.45, 2.75) is 27.7 Å². The normalized spacial score (nSPS) is 10.1. The molecule has 0 spiro atoms. The Hall–Kier alpha value is -3.13. The summed E-state index contributed by atoms with van der Waals surface area (Å²) < 4.78 is 16.9. The van der Waals surface area contributed by atoms with E-state index in [1.165, 1.54) is 6.92 Å². The number of ketones is 1. The van der Waals surface area contributed by atoms with Gasteiger partial charge in [-0.1, -0.05) is 0 Å². The van der Waals surface area contributed by atoms with Gasteiger partial charge in [0.05, 0.1) is 19.8 Å². The summed E-state index contributed by atoms with van der Waals surface area (Å²) in [6.07, 6.45) is 0. The number of anilines is 1. The molecular formula is C22H26N2O5S. The number of thiocarbonyl (C=S) groups is 1. The number of benzene rings is 2. The Morgan fingerprint density at radius 3 is 1.87 bits per heavy atom. The summed E-state index contributed by atoms with van der Waals surface area (Å²) in [4.78, 5) is 24.1. The van der Waals surface area contributed by atoms with Crippen LogP contribution in [0.3, 0.4) is 0 Å². The largest absolute Gasteiger partial charge is 0.490 e. The van der Waals surface area contributed by atoms with Gasteiger partial charge in [-0.3, -0.25) is 14.9 Å². The van der Waals surface area contributed by atoms with E-state index in [1.807, 2.05) is 20.8 Å². The van der Waals surface area contributed by atoms with Gasteiger partial charge in [0.15, 0.2) is 22.4 Å². The Bertz CT molecular complexity index is 885. The van der Waals surface area contributed by atoms with Gasteiger partial charge < -0.3 is 19.5 Å². The highest BCUT2D eigenvalue weighted by Gasteiger charge is 2.19. The molecule has 0 unspecified atom stereocenters. The van der Waals surface area contributed by atoms with Crippen molar-refractivity contribution < 1.29 is 23.8 Å². The Labute approximate surface area is 181 Å². The van der Waals surface area contributed by atoms with Gasteiger partial charge >= 0.3 is 0 Å². The summed E-state index contributed by atoms with van der Waals surface area (Å²) in [6.45, 7) is 8.30. The predicted molar refractivity (Wildman–Crippen MR) is 120 cm³/mol. The van der Waals surface area contributed by atoms with Crippen LogP contribution >= 0.6 is 12.2 Å². The molecule has 0 aliphatic carbocycles. The van der Waals surface area contributed by atoms with Crippen molar-refractivity contribution in [1.82, 2.24) is 5.32 Å². The third-order valence-electron chi connectivity index (χ3n) is 3.95. The van der Waals surface area contributed by atoms with E-state index >= 15 is 0 Å². The maximum Gasteiger partial charge on any atom is 0.257 e. The molecule has 0 heterocycles. The molecule has 0 radical (unpaired) electrons. The van der Waals surface area contributed by atoms with Crippen molar-refractivity contribution in [3.63, 3.8) is 0 Å². The van der Waals surface area contributed by atoms with E-state index in [2.05, 4.69) is 10.6 Å². The minimum atomic E-state index is -0.419. The van der Waals surface area contributed by atoms with E-state index < -0.39 is 5.91 Å². The van der Waals surface area contributed by atoms with Crippen molar-refractivity contribution >= 4 is 34.7 Å². The summed E-state index contributed by atoms with van der Waals surface area (Å²) in [6, 6.07) is 9.99. The lowest BCUT2D eigenvalue weighted by molar-refractivity contribution is 0.0975. The summed E-state index contributed by atoms with van der Waals surface area (Å²) in [5.74, 6) is 0.869. The molecule has 0 atom stereocenters. The Morgan fingerprint density at radius 1 is 0.867 bits per heavy atom. The van der Waals surface area contributed by atoms with Crippen molar-refractivity contribution in [1.29, 1.82) is 0 Å². The van der Waals surface area contributed by atoms with Crippen LogP contribution in [0, 0.1) is 0 Å². The summed E-state index contributed by atoms with van der Waals surface area (Å²) in [7, 11) is 0. The molecule has 0 aliphatic heterocycles. The standard InChI is InChI=1S/C22H26N2O5S/c1-5-27-18-12-16(13-19(28-6-2)20(18)29-7-3)21(26)24-22(30)23-17-10-8-15(9-11-17)14(4)25/h8-13H,5-7H2,1-4H3,(H2,23,24,26,30). The fourth-order valence-corrected chi connectivity index (χ4v) is 2.86. The van der Waals surface area contributed by atoms with Crippen molar-refractivity contribution in [2.75, 3.05) is 25.1 Å². The average Bonchev–Trinajstić information content (AvgIpc) is 2.70. The van der Waals surface area contributed by atoms with E-state index in [9.17, 15) is 9.59 Å². The molecule has 1 amide bonds. The molecule has 160 valence electrons. The van der Waals surface area contributed by atoms with Gasteiger partial charge in [-0.15, -0.1) is 0 Å².